The Morgan fingerprint density at radius 2 is 2.00 bits per heavy atom. The number of hydrogen-bond acceptors (Lipinski definition) is 4. The number of rotatable bonds is 3. The second-order valence-electron chi connectivity index (χ2n) is 6.52. The maximum atomic E-state index is 5.47. The molecular formula is C17H25N3O. The first kappa shape index (κ1) is 13.6. The molecule has 4 heteroatoms. The third kappa shape index (κ3) is 2.80. The van der Waals surface area contributed by atoms with Gasteiger partial charge in [-0.05, 0) is 24.6 Å². The van der Waals surface area contributed by atoms with E-state index in [0.29, 0.717) is 5.92 Å². The lowest BCUT2D eigenvalue weighted by Crippen LogP contribution is -2.45. The molecule has 3 heterocycles. The van der Waals surface area contributed by atoms with Crippen LogP contribution in [0.1, 0.15) is 17.9 Å². The summed E-state index contributed by atoms with van der Waals surface area (Å²) in [6, 6.07) is 9.53. The van der Waals surface area contributed by atoms with E-state index in [4.69, 9.17) is 4.74 Å². The van der Waals surface area contributed by atoms with Crippen molar-refractivity contribution >= 4 is 5.69 Å². The molecule has 1 aromatic carbocycles. The lowest BCUT2D eigenvalue weighted by molar-refractivity contribution is 0.0184. The molecule has 0 spiro atoms. The highest BCUT2D eigenvalue weighted by Gasteiger charge is 2.31. The Kier molecular flexibility index (Phi) is 3.84. The zero-order chi connectivity index (χ0) is 14.1. The summed E-state index contributed by atoms with van der Waals surface area (Å²) in [5.41, 5.74) is 2.85. The van der Waals surface area contributed by atoms with E-state index in [1.807, 2.05) is 0 Å². The van der Waals surface area contributed by atoms with Gasteiger partial charge in [-0.3, -0.25) is 4.90 Å². The number of likely N-dealkylation sites (tertiary alicyclic amines) is 1. The van der Waals surface area contributed by atoms with E-state index < -0.39 is 0 Å². The molecule has 0 amide bonds. The van der Waals surface area contributed by atoms with Crippen LogP contribution in [0, 0.1) is 0 Å². The highest BCUT2D eigenvalue weighted by Crippen LogP contribution is 2.32. The van der Waals surface area contributed by atoms with Crippen LogP contribution in [0.4, 0.5) is 5.69 Å². The Balaban J connectivity index is 1.35. The van der Waals surface area contributed by atoms with E-state index in [2.05, 4.69) is 39.4 Å². The van der Waals surface area contributed by atoms with Gasteiger partial charge in [-0.15, -0.1) is 0 Å². The molecule has 0 bridgehead atoms. The number of hydrogen-bond donors (Lipinski definition) is 1. The van der Waals surface area contributed by atoms with Crippen LogP contribution in [0.3, 0.4) is 0 Å². The number of para-hydroxylation sites is 1. The second kappa shape index (κ2) is 5.95. The van der Waals surface area contributed by atoms with Gasteiger partial charge in [-0.1, -0.05) is 18.2 Å². The molecule has 2 atom stereocenters. The van der Waals surface area contributed by atoms with Crippen molar-refractivity contribution in [2.75, 3.05) is 57.8 Å². The van der Waals surface area contributed by atoms with Crippen molar-refractivity contribution in [1.29, 1.82) is 0 Å². The molecule has 2 fully saturated rings. The molecule has 4 rings (SSSR count). The van der Waals surface area contributed by atoms with Gasteiger partial charge in [-0.25, -0.2) is 0 Å². The number of benzene rings is 1. The van der Waals surface area contributed by atoms with Crippen LogP contribution in [0.25, 0.3) is 0 Å². The van der Waals surface area contributed by atoms with Gasteiger partial charge in [0.1, 0.15) is 0 Å². The van der Waals surface area contributed by atoms with Crippen LogP contribution in [0.2, 0.25) is 0 Å². The van der Waals surface area contributed by atoms with Gasteiger partial charge in [0.2, 0.25) is 0 Å². The number of morpholine rings is 1. The summed E-state index contributed by atoms with van der Waals surface area (Å²) < 4.78 is 5.47. The fraction of sp³-hybridized carbons (Fsp3) is 0.647. The summed E-state index contributed by atoms with van der Waals surface area (Å²) in [4.78, 5) is 5.29. The molecule has 21 heavy (non-hydrogen) atoms. The van der Waals surface area contributed by atoms with Crippen molar-refractivity contribution in [2.24, 2.45) is 0 Å². The van der Waals surface area contributed by atoms with Crippen LogP contribution in [-0.2, 0) is 4.74 Å². The third-order valence-electron chi connectivity index (χ3n) is 5.23. The summed E-state index contributed by atoms with van der Waals surface area (Å²) in [6.45, 7) is 8.84. The Morgan fingerprint density at radius 1 is 1.14 bits per heavy atom. The minimum absolute atomic E-state index is 0.657. The molecule has 4 nitrogen and oxygen atoms in total. The first-order valence-electron chi connectivity index (χ1n) is 8.27. The maximum Gasteiger partial charge on any atom is 0.0594 e. The molecule has 0 aromatic heterocycles. The zero-order valence-electron chi connectivity index (χ0n) is 12.6. The van der Waals surface area contributed by atoms with Crippen LogP contribution >= 0.6 is 0 Å². The van der Waals surface area contributed by atoms with Crippen molar-refractivity contribution in [2.45, 2.75) is 18.4 Å². The molecule has 2 unspecified atom stereocenters. The number of nitrogens with zero attached hydrogens (tertiary/aromatic N) is 2. The largest absolute Gasteiger partial charge is 0.384 e. The summed E-state index contributed by atoms with van der Waals surface area (Å²) in [6.07, 6.45) is 1.32. The molecule has 0 radical (unpaired) electrons. The van der Waals surface area contributed by atoms with E-state index in [-0.39, 0.29) is 0 Å². The van der Waals surface area contributed by atoms with Gasteiger partial charge in [-0.2, -0.15) is 0 Å². The summed E-state index contributed by atoms with van der Waals surface area (Å²) in [5.74, 6) is 0.657. The average Bonchev–Trinajstić information content (AvgIpc) is 3.17. The molecule has 1 aromatic rings. The number of fused-ring (bicyclic) bond motifs is 1. The van der Waals surface area contributed by atoms with Crippen LogP contribution in [-0.4, -0.2) is 68.3 Å². The summed E-state index contributed by atoms with van der Waals surface area (Å²) in [7, 11) is 0. The maximum absolute atomic E-state index is 5.47. The summed E-state index contributed by atoms with van der Waals surface area (Å²) in [5, 5.41) is 3.55. The van der Waals surface area contributed by atoms with Gasteiger partial charge < -0.3 is 15.0 Å². The second-order valence-corrected chi connectivity index (χ2v) is 6.52. The highest BCUT2D eigenvalue weighted by atomic mass is 16.5. The van der Waals surface area contributed by atoms with E-state index in [1.165, 1.54) is 37.3 Å². The standard InChI is InChI=1S/C17H25N3O/c1-2-4-17-16(3-1)14(11-18-17)12-19-6-5-15(13-19)20-7-9-21-10-8-20/h1-4,14-15,18H,5-13H2. The fourth-order valence-corrected chi connectivity index (χ4v) is 4.05. The van der Waals surface area contributed by atoms with Crippen molar-refractivity contribution in [3.63, 3.8) is 0 Å². The topological polar surface area (TPSA) is 27.7 Å². The quantitative estimate of drug-likeness (QED) is 0.914. The highest BCUT2D eigenvalue weighted by molar-refractivity contribution is 5.57. The van der Waals surface area contributed by atoms with Gasteiger partial charge in [0.25, 0.3) is 0 Å². The molecule has 3 aliphatic rings. The average molecular weight is 287 g/mol. The Morgan fingerprint density at radius 3 is 2.90 bits per heavy atom. The first-order valence-corrected chi connectivity index (χ1v) is 8.27. The third-order valence-corrected chi connectivity index (χ3v) is 5.23. The molecular weight excluding hydrogens is 262 g/mol. The van der Waals surface area contributed by atoms with Gasteiger partial charge in [0.05, 0.1) is 13.2 Å². The van der Waals surface area contributed by atoms with Crippen molar-refractivity contribution < 1.29 is 4.74 Å². The van der Waals surface area contributed by atoms with Crippen molar-refractivity contribution in [3.05, 3.63) is 29.8 Å². The van der Waals surface area contributed by atoms with E-state index in [1.54, 1.807) is 0 Å². The van der Waals surface area contributed by atoms with E-state index >= 15 is 0 Å². The van der Waals surface area contributed by atoms with Crippen molar-refractivity contribution in [1.82, 2.24) is 9.80 Å². The fourth-order valence-electron chi connectivity index (χ4n) is 4.05. The lowest BCUT2D eigenvalue weighted by Gasteiger charge is -2.32. The Labute approximate surface area is 127 Å². The normalized spacial score (nSPS) is 30.3. The molecule has 2 saturated heterocycles. The van der Waals surface area contributed by atoms with Crippen LogP contribution < -0.4 is 5.32 Å². The summed E-state index contributed by atoms with van der Waals surface area (Å²) >= 11 is 0. The number of anilines is 1. The molecule has 1 N–H and O–H groups in total. The Hall–Kier alpha value is -1.10. The monoisotopic (exact) mass is 287 g/mol. The van der Waals surface area contributed by atoms with E-state index in [9.17, 15) is 0 Å². The van der Waals surface area contributed by atoms with Crippen molar-refractivity contribution in [3.8, 4) is 0 Å². The molecule has 0 saturated carbocycles. The minimum Gasteiger partial charge on any atom is -0.384 e. The SMILES string of the molecule is c1ccc2c(c1)NCC2CN1CCC(N2CCOCC2)C1. The Bertz CT molecular complexity index is 487. The minimum atomic E-state index is 0.657. The predicted molar refractivity (Wildman–Crippen MR) is 84.9 cm³/mol. The van der Waals surface area contributed by atoms with Gasteiger partial charge in [0.15, 0.2) is 0 Å². The zero-order valence-corrected chi connectivity index (χ0v) is 12.6. The van der Waals surface area contributed by atoms with Crippen LogP contribution in [0.5, 0.6) is 0 Å². The number of nitrogens with one attached hydrogen (secondary N) is 1. The lowest BCUT2D eigenvalue weighted by atomic mass is 10.0. The van der Waals surface area contributed by atoms with Gasteiger partial charge >= 0.3 is 0 Å². The smallest absolute Gasteiger partial charge is 0.0594 e. The number of ether oxygens (including phenoxy) is 1. The first-order chi connectivity index (χ1) is 10.4. The molecule has 114 valence electrons. The van der Waals surface area contributed by atoms with Gasteiger partial charge in [0, 0.05) is 50.4 Å². The predicted octanol–water partition coefficient (Wildman–Crippen LogP) is 1.60. The molecule has 3 aliphatic heterocycles. The van der Waals surface area contributed by atoms with Crippen LogP contribution in [0.15, 0.2) is 24.3 Å². The van der Waals surface area contributed by atoms with E-state index in [0.717, 1.165) is 38.9 Å². The molecule has 0 aliphatic carbocycles.